The van der Waals surface area contributed by atoms with Crippen LogP contribution in [0.1, 0.15) is 63.9 Å². The first-order chi connectivity index (χ1) is 17.6. The SMILES string of the molecule is Cn1ccc2c(C(=O)NC[C@@H]3CCCCN3C(=O)c3nc(C4CC4)sc3-c3ccccc3)cccc21. The van der Waals surface area contributed by atoms with Gasteiger partial charge >= 0.3 is 0 Å². The highest BCUT2D eigenvalue weighted by atomic mass is 32.1. The fraction of sp³-hybridized carbons (Fsp3) is 0.345. The number of piperidine rings is 1. The predicted octanol–water partition coefficient (Wildman–Crippen LogP) is 5.60. The molecule has 2 fully saturated rings. The second-order valence-corrected chi connectivity index (χ2v) is 10.9. The normalized spacial score (nSPS) is 17.9. The number of fused-ring (bicyclic) bond motifs is 1. The Bertz CT molecular complexity index is 1420. The van der Waals surface area contributed by atoms with Crippen molar-refractivity contribution >= 4 is 34.1 Å². The van der Waals surface area contributed by atoms with E-state index in [2.05, 4.69) is 17.4 Å². The summed E-state index contributed by atoms with van der Waals surface area (Å²) in [6.45, 7) is 1.13. The summed E-state index contributed by atoms with van der Waals surface area (Å²) in [6.07, 6.45) is 7.18. The first-order valence-corrected chi connectivity index (χ1v) is 13.6. The van der Waals surface area contributed by atoms with Crippen molar-refractivity contribution in [2.75, 3.05) is 13.1 Å². The number of aryl methyl sites for hydroxylation is 1. The molecule has 6 nitrogen and oxygen atoms in total. The van der Waals surface area contributed by atoms with E-state index in [1.54, 1.807) is 11.3 Å². The molecule has 1 N–H and O–H groups in total. The molecule has 2 aliphatic rings. The number of likely N-dealkylation sites (tertiary alicyclic amines) is 1. The molecule has 1 saturated carbocycles. The minimum absolute atomic E-state index is 0.0129. The van der Waals surface area contributed by atoms with E-state index in [-0.39, 0.29) is 17.9 Å². The van der Waals surface area contributed by atoms with Crippen LogP contribution in [0.4, 0.5) is 0 Å². The van der Waals surface area contributed by atoms with E-state index in [1.165, 1.54) is 0 Å². The second-order valence-electron chi connectivity index (χ2n) is 9.89. The van der Waals surface area contributed by atoms with Crippen LogP contribution in [0.2, 0.25) is 0 Å². The lowest BCUT2D eigenvalue weighted by molar-refractivity contribution is 0.0598. The van der Waals surface area contributed by atoms with Crippen molar-refractivity contribution in [2.24, 2.45) is 7.05 Å². The standard InChI is InChI=1S/C29H30N4O2S/c1-32-17-15-22-23(11-7-12-24(22)32)27(34)30-18-21-10-5-6-16-33(21)29(35)25-26(19-8-3-2-4-9-19)36-28(31-25)20-13-14-20/h2-4,7-9,11-12,15,17,20-21H,5-6,10,13-14,16,18H2,1H3,(H,30,34)/t21-/m0/s1. The van der Waals surface area contributed by atoms with Crippen molar-refractivity contribution in [1.82, 2.24) is 19.8 Å². The maximum absolute atomic E-state index is 13.9. The lowest BCUT2D eigenvalue weighted by Crippen LogP contribution is -2.49. The number of aromatic nitrogens is 2. The van der Waals surface area contributed by atoms with Gasteiger partial charge in [0.05, 0.1) is 9.88 Å². The molecule has 7 heteroatoms. The maximum Gasteiger partial charge on any atom is 0.274 e. The number of rotatable bonds is 6. The molecule has 1 aliphatic heterocycles. The summed E-state index contributed by atoms with van der Waals surface area (Å²) in [4.78, 5) is 34.8. The van der Waals surface area contributed by atoms with Crippen LogP contribution in [0.5, 0.6) is 0 Å². The largest absolute Gasteiger partial charge is 0.351 e. The number of carbonyl (C=O) groups is 2. The first-order valence-electron chi connectivity index (χ1n) is 12.8. The van der Waals surface area contributed by atoms with Gasteiger partial charge in [-0.15, -0.1) is 11.3 Å². The Balaban J connectivity index is 1.23. The molecule has 1 saturated heterocycles. The smallest absolute Gasteiger partial charge is 0.274 e. The number of hydrogen-bond donors (Lipinski definition) is 1. The second kappa shape index (κ2) is 9.54. The van der Waals surface area contributed by atoms with Crippen LogP contribution < -0.4 is 5.32 Å². The van der Waals surface area contributed by atoms with Gasteiger partial charge < -0.3 is 14.8 Å². The van der Waals surface area contributed by atoms with Crippen LogP contribution in [-0.2, 0) is 7.05 Å². The van der Waals surface area contributed by atoms with E-state index in [4.69, 9.17) is 4.98 Å². The molecule has 1 aliphatic carbocycles. The van der Waals surface area contributed by atoms with Gasteiger partial charge in [0.2, 0.25) is 0 Å². The summed E-state index contributed by atoms with van der Waals surface area (Å²) in [7, 11) is 1.98. The number of thiazole rings is 1. The molecule has 36 heavy (non-hydrogen) atoms. The van der Waals surface area contributed by atoms with Crippen molar-refractivity contribution in [1.29, 1.82) is 0 Å². The molecular formula is C29H30N4O2S. The molecule has 0 bridgehead atoms. The van der Waals surface area contributed by atoms with Crippen LogP contribution >= 0.6 is 11.3 Å². The zero-order valence-electron chi connectivity index (χ0n) is 20.4. The number of benzene rings is 2. The quantitative estimate of drug-likeness (QED) is 0.376. The van der Waals surface area contributed by atoms with Crippen LogP contribution in [-0.4, -0.2) is 45.4 Å². The summed E-state index contributed by atoms with van der Waals surface area (Å²) in [5.41, 5.74) is 3.31. The molecule has 0 unspecified atom stereocenters. The van der Waals surface area contributed by atoms with Crippen LogP contribution in [0.15, 0.2) is 60.8 Å². The van der Waals surface area contributed by atoms with Crippen LogP contribution in [0.3, 0.4) is 0 Å². The number of nitrogens with one attached hydrogen (secondary N) is 1. The average molecular weight is 499 g/mol. The number of hydrogen-bond acceptors (Lipinski definition) is 4. The van der Waals surface area contributed by atoms with Gasteiger partial charge in [0.15, 0.2) is 0 Å². The molecular weight excluding hydrogens is 468 g/mol. The summed E-state index contributed by atoms with van der Waals surface area (Å²) in [5.74, 6) is 0.386. The summed E-state index contributed by atoms with van der Waals surface area (Å²) in [6, 6.07) is 17.8. The molecule has 6 rings (SSSR count). The van der Waals surface area contributed by atoms with Crippen molar-refractivity contribution in [3.63, 3.8) is 0 Å². The monoisotopic (exact) mass is 498 g/mol. The van der Waals surface area contributed by atoms with Gasteiger partial charge in [-0.2, -0.15) is 0 Å². The third-order valence-electron chi connectivity index (χ3n) is 7.37. The molecule has 1 atom stereocenters. The van der Waals surface area contributed by atoms with Gasteiger partial charge in [-0.05, 0) is 55.9 Å². The van der Waals surface area contributed by atoms with Crippen molar-refractivity contribution < 1.29 is 9.59 Å². The van der Waals surface area contributed by atoms with Crippen LogP contribution in [0, 0.1) is 0 Å². The molecule has 2 aromatic carbocycles. The minimum atomic E-state index is -0.0978. The third-order valence-corrected chi connectivity index (χ3v) is 8.63. The highest BCUT2D eigenvalue weighted by Gasteiger charge is 2.34. The Kier molecular flexibility index (Phi) is 6.09. The van der Waals surface area contributed by atoms with E-state index in [9.17, 15) is 9.59 Å². The molecule has 2 aromatic heterocycles. The van der Waals surface area contributed by atoms with E-state index >= 15 is 0 Å². The fourth-order valence-electron chi connectivity index (χ4n) is 5.19. The Labute approximate surface area is 215 Å². The maximum atomic E-state index is 13.9. The average Bonchev–Trinajstić information content (AvgIpc) is 3.57. The Morgan fingerprint density at radius 3 is 2.67 bits per heavy atom. The highest BCUT2D eigenvalue weighted by Crippen LogP contribution is 2.45. The van der Waals surface area contributed by atoms with E-state index in [0.717, 1.165) is 58.5 Å². The number of amides is 2. The molecule has 3 heterocycles. The fourth-order valence-corrected chi connectivity index (χ4v) is 6.43. The van der Waals surface area contributed by atoms with Gasteiger partial charge in [0.1, 0.15) is 5.69 Å². The molecule has 4 aromatic rings. The minimum Gasteiger partial charge on any atom is -0.351 e. The number of nitrogens with zero attached hydrogens (tertiary/aromatic N) is 3. The molecule has 0 spiro atoms. The third kappa shape index (κ3) is 4.32. The topological polar surface area (TPSA) is 67.2 Å². The predicted molar refractivity (Wildman–Crippen MR) is 143 cm³/mol. The van der Waals surface area contributed by atoms with Crippen LogP contribution in [0.25, 0.3) is 21.3 Å². The zero-order chi connectivity index (χ0) is 24.6. The summed E-state index contributed by atoms with van der Waals surface area (Å²) in [5, 5.41) is 5.15. The lowest BCUT2D eigenvalue weighted by atomic mass is 10.0. The van der Waals surface area contributed by atoms with Gasteiger partial charge in [-0.25, -0.2) is 4.98 Å². The first kappa shape index (κ1) is 23.0. The Hall–Kier alpha value is -3.45. The number of carbonyl (C=O) groups excluding carboxylic acids is 2. The van der Waals surface area contributed by atoms with E-state index in [0.29, 0.717) is 30.3 Å². The summed E-state index contributed by atoms with van der Waals surface area (Å²) < 4.78 is 2.02. The van der Waals surface area contributed by atoms with Gasteiger partial charge in [0.25, 0.3) is 11.8 Å². The summed E-state index contributed by atoms with van der Waals surface area (Å²) >= 11 is 1.67. The van der Waals surface area contributed by atoms with Crippen molar-refractivity contribution in [3.8, 4) is 10.4 Å². The van der Waals surface area contributed by atoms with Gasteiger partial charge in [0, 0.05) is 54.8 Å². The van der Waals surface area contributed by atoms with E-state index in [1.807, 2.05) is 65.2 Å². The molecule has 184 valence electrons. The van der Waals surface area contributed by atoms with Gasteiger partial charge in [-0.1, -0.05) is 36.4 Å². The zero-order valence-corrected chi connectivity index (χ0v) is 21.3. The molecule has 2 amide bonds. The highest BCUT2D eigenvalue weighted by molar-refractivity contribution is 7.15. The Morgan fingerprint density at radius 1 is 1.03 bits per heavy atom. The van der Waals surface area contributed by atoms with Crippen molar-refractivity contribution in [2.45, 2.75) is 44.1 Å². The molecule has 0 radical (unpaired) electrons. The van der Waals surface area contributed by atoms with E-state index < -0.39 is 0 Å². The Morgan fingerprint density at radius 2 is 1.86 bits per heavy atom. The van der Waals surface area contributed by atoms with Gasteiger partial charge in [-0.3, -0.25) is 9.59 Å². The lowest BCUT2D eigenvalue weighted by Gasteiger charge is -2.35. The van der Waals surface area contributed by atoms with Crippen molar-refractivity contribution in [3.05, 3.63) is 77.1 Å².